The van der Waals surface area contributed by atoms with Crippen LogP contribution in [0.2, 0.25) is 0 Å². The fourth-order valence-electron chi connectivity index (χ4n) is 3.73. The molecule has 3 rings (SSSR count). The molecule has 0 aliphatic carbocycles. The van der Waals surface area contributed by atoms with Gasteiger partial charge in [-0.05, 0) is 53.9 Å². The van der Waals surface area contributed by atoms with E-state index in [4.69, 9.17) is 12.2 Å². The fourth-order valence-corrected chi connectivity index (χ4v) is 4.03. The Morgan fingerprint density at radius 3 is 2.37 bits per heavy atom. The van der Waals surface area contributed by atoms with Crippen molar-refractivity contribution in [2.75, 3.05) is 43.4 Å². The molecule has 0 spiro atoms. The number of hydrogen-bond donors (Lipinski definition) is 3. The van der Waals surface area contributed by atoms with Crippen molar-refractivity contribution in [3.63, 3.8) is 0 Å². The summed E-state index contributed by atoms with van der Waals surface area (Å²) in [6.07, 6.45) is 0.909. The first-order valence-electron chi connectivity index (χ1n) is 10.8. The van der Waals surface area contributed by atoms with Crippen LogP contribution in [0.1, 0.15) is 37.8 Å². The summed E-state index contributed by atoms with van der Waals surface area (Å²) in [5, 5.41) is 7.18. The van der Waals surface area contributed by atoms with Crippen molar-refractivity contribution in [1.29, 1.82) is 0 Å². The van der Waals surface area contributed by atoms with Gasteiger partial charge >= 0.3 is 0 Å². The van der Waals surface area contributed by atoms with Crippen molar-refractivity contribution in [3.05, 3.63) is 59.7 Å². The summed E-state index contributed by atoms with van der Waals surface area (Å²) in [6.45, 7) is 10.5. The number of anilines is 2. The SMILES string of the molecule is CCc1ccccc1NC(=O)C[NH+]1CCN(C(=S)Nc2ccc(C(C)C)cc2)CC1. The van der Waals surface area contributed by atoms with Gasteiger partial charge in [0.05, 0.1) is 26.2 Å². The lowest BCUT2D eigenvalue weighted by molar-refractivity contribution is -0.895. The van der Waals surface area contributed by atoms with E-state index >= 15 is 0 Å². The predicted molar refractivity (Wildman–Crippen MR) is 128 cm³/mol. The van der Waals surface area contributed by atoms with Crippen molar-refractivity contribution in [3.8, 4) is 0 Å². The third kappa shape index (κ3) is 6.03. The molecule has 5 nitrogen and oxygen atoms in total. The van der Waals surface area contributed by atoms with Crippen molar-refractivity contribution in [1.82, 2.24) is 4.90 Å². The minimum atomic E-state index is 0.0743. The molecular weight excluding hydrogens is 392 g/mol. The zero-order chi connectivity index (χ0) is 21.5. The number of amides is 1. The Balaban J connectivity index is 1.44. The molecule has 1 saturated heterocycles. The minimum absolute atomic E-state index is 0.0743. The predicted octanol–water partition coefficient (Wildman–Crippen LogP) is 2.91. The van der Waals surface area contributed by atoms with E-state index in [1.807, 2.05) is 18.2 Å². The van der Waals surface area contributed by atoms with Crippen LogP contribution in [0.25, 0.3) is 0 Å². The number of carbonyl (C=O) groups excluding carboxylic acids is 1. The molecule has 0 aromatic heterocycles. The average Bonchev–Trinajstić information content (AvgIpc) is 2.75. The number of hydrogen-bond acceptors (Lipinski definition) is 2. The lowest BCUT2D eigenvalue weighted by atomic mass is 10.0. The third-order valence-electron chi connectivity index (χ3n) is 5.67. The first-order chi connectivity index (χ1) is 14.5. The van der Waals surface area contributed by atoms with E-state index in [0.717, 1.165) is 49.1 Å². The highest BCUT2D eigenvalue weighted by atomic mass is 32.1. The number of carbonyl (C=O) groups is 1. The summed E-state index contributed by atoms with van der Waals surface area (Å²) in [4.78, 5) is 16.0. The number of nitrogens with one attached hydrogen (secondary N) is 3. The molecule has 0 radical (unpaired) electrons. The van der Waals surface area contributed by atoms with Crippen LogP contribution in [0, 0.1) is 0 Å². The van der Waals surface area contributed by atoms with Crippen LogP contribution in [0.15, 0.2) is 48.5 Å². The number of nitrogens with zero attached hydrogens (tertiary/aromatic N) is 1. The molecule has 1 amide bonds. The van der Waals surface area contributed by atoms with Crippen molar-refractivity contribution >= 4 is 34.6 Å². The smallest absolute Gasteiger partial charge is 0.279 e. The highest BCUT2D eigenvalue weighted by molar-refractivity contribution is 7.80. The number of quaternary nitrogens is 1. The molecule has 2 aromatic carbocycles. The summed E-state index contributed by atoms with van der Waals surface area (Å²) in [7, 11) is 0. The number of piperazine rings is 1. The van der Waals surface area contributed by atoms with Crippen LogP contribution in [-0.2, 0) is 11.2 Å². The summed E-state index contributed by atoms with van der Waals surface area (Å²) in [5.41, 5.74) is 4.44. The molecule has 1 aliphatic heterocycles. The standard InChI is InChI=1S/C24H32N4OS/c1-4-19-7-5-6-8-22(19)26-23(29)17-27-13-15-28(16-14-27)24(30)25-21-11-9-20(10-12-21)18(2)3/h5-12,18H,4,13-17H2,1-3H3,(H,25,30)(H,26,29)/p+1. The van der Waals surface area contributed by atoms with Crippen molar-refractivity contribution < 1.29 is 9.69 Å². The highest BCUT2D eigenvalue weighted by Gasteiger charge is 2.24. The Morgan fingerprint density at radius 2 is 1.73 bits per heavy atom. The number of benzene rings is 2. The quantitative estimate of drug-likeness (QED) is 0.623. The largest absolute Gasteiger partial charge is 0.338 e. The summed E-state index contributed by atoms with van der Waals surface area (Å²) < 4.78 is 0. The normalized spacial score (nSPS) is 14.6. The van der Waals surface area contributed by atoms with Gasteiger partial charge in [-0.15, -0.1) is 0 Å². The second kappa shape index (κ2) is 10.5. The Labute approximate surface area is 185 Å². The first-order valence-corrected chi connectivity index (χ1v) is 11.2. The molecule has 1 aliphatic rings. The second-order valence-electron chi connectivity index (χ2n) is 8.18. The molecule has 6 heteroatoms. The zero-order valence-corrected chi connectivity index (χ0v) is 19.0. The maximum atomic E-state index is 12.5. The zero-order valence-electron chi connectivity index (χ0n) is 18.2. The summed E-state index contributed by atoms with van der Waals surface area (Å²) >= 11 is 5.61. The van der Waals surface area contributed by atoms with Gasteiger partial charge in [0.25, 0.3) is 5.91 Å². The molecule has 1 heterocycles. The minimum Gasteiger partial charge on any atom is -0.338 e. The Kier molecular flexibility index (Phi) is 7.82. The lowest BCUT2D eigenvalue weighted by Gasteiger charge is -2.33. The van der Waals surface area contributed by atoms with Gasteiger partial charge in [0.1, 0.15) is 0 Å². The van der Waals surface area contributed by atoms with Gasteiger partial charge in [0, 0.05) is 11.4 Å². The molecule has 3 N–H and O–H groups in total. The maximum Gasteiger partial charge on any atom is 0.279 e. The van der Waals surface area contributed by atoms with Crippen LogP contribution in [-0.4, -0.2) is 48.6 Å². The van der Waals surface area contributed by atoms with Gasteiger partial charge < -0.3 is 20.4 Å². The molecule has 0 atom stereocenters. The number of thiocarbonyl (C=S) groups is 1. The van der Waals surface area contributed by atoms with E-state index in [-0.39, 0.29) is 5.91 Å². The van der Waals surface area contributed by atoms with E-state index < -0.39 is 0 Å². The molecular formula is C24H33N4OS+. The van der Waals surface area contributed by atoms with Gasteiger partial charge in [0.2, 0.25) is 0 Å². The van der Waals surface area contributed by atoms with Gasteiger partial charge in [-0.25, -0.2) is 0 Å². The van der Waals surface area contributed by atoms with E-state index in [1.165, 1.54) is 16.0 Å². The van der Waals surface area contributed by atoms with E-state index in [2.05, 4.69) is 66.6 Å². The van der Waals surface area contributed by atoms with E-state index in [1.54, 1.807) is 0 Å². The molecule has 1 fully saturated rings. The molecule has 0 saturated carbocycles. The van der Waals surface area contributed by atoms with E-state index in [0.29, 0.717) is 12.5 Å². The lowest BCUT2D eigenvalue weighted by Crippen LogP contribution is -3.15. The number of para-hydroxylation sites is 1. The monoisotopic (exact) mass is 425 g/mol. The molecule has 30 heavy (non-hydrogen) atoms. The Hall–Kier alpha value is -2.44. The summed E-state index contributed by atoms with van der Waals surface area (Å²) in [6, 6.07) is 16.5. The Morgan fingerprint density at radius 1 is 1.07 bits per heavy atom. The second-order valence-corrected chi connectivity index (χ2v) is 8.57. The van der Waals surface area contributed by atoms with Crippen molar-refractivity contribution in [2.45, 2.75) is 33.1 Å². The first kappa shape index (κ1) is 22.2. The van der Waals surface area contributed by atoms with Crippen LogP contribution in [0.4, 0.5) is 11.4 Å². The van der Waals surface area contributed by atoms with Crippen molar-refractivity contribution in [2.24, 2.45) is 0 Å². The number of aryl methyl sites for hydroxylation is 1. The van der Waals surface area contributed by atoms with Crippen LogP contribution in [0.3, 0.4) is 0 Å². The molecule has 0 bridgehead atoms. The van der Waals surface area contributed by atoms with Gasteiger partial charge in [-0.2, -0.15) is 0 Å². The van der Waals surface area contributed by atoms with E-state index in [9.17, 15) is 4.79 Å². The van der Waals surface area contributed by atoms with Gasteiger partial charge in [0.15, 0.2) is 11.7 Å². The topological polar surface area (TPSA) is 48.8 Å². The van der Waals surface area contributed by atoms with Crippen LogP contribution in [0.5, 0.6) is 0 Å². The highest BCUT2D eigenvalue weighted by Crippen LogP contribution is 2.17. The van der Waals surface area contributed by atoms with Gasteiger partial charge in [-0.1, -0.05) is 51.1 Å². The number of rotatable bonds is 6. The maximum absolute atomic E-state index is 12.5. The third-order valence-corrected chi connectivity index (χ3v) is 6.03. The van der Waals surface area contributed by atoms with Crippen LogP contribution >= 0.6 is 12.2 Å². The molecule has 160 valence electrons. The Bertz CT molecular complexity index is 858. The summed E-state index contributed by atoms with van der Waals surface area (Å²) in [5.74, 6) is 0.597. The van der Waals surface area contributed by atoms with Gasteiger partial charge in [-0.3, -0.25) is 4.79 Å². The van der Waals surface area contributed by atoms with Crippen LogP contribution < -0.4 is 15.5 Å². The molecule has 2 aromatic rings. The fraction of sp³-hybridized carbons (Fsp3) is 0.417. The molecule has 0 unspecified atom stereocenters. The average molecular weight is 426 g/mol.